The molecule has 3 aliphatic heterocycles. The number of nitrogens with zero attached hydrogens (tertiary/aromatic N) is 3. The van der Waals surface area contributed by atoms with Gasteiger partial charge in [0.25, 0.3) is 5.91 Å². The summed E-state index contributed by atoms with van der Waals surface area (Å²) in [6, 6.07) is 14.2. The molecule has 3 fully saturated rings. The molecule has 3 aliphatic rings. The summed E-state index contributed by atoms with van der Waals surface area (Å²) in [5.41, 5.74) is -0.124. The van der Waals surface area contributed by atoms with Gasteiger partial charge in [0, 0.05) is 42.1 Å². The van der Waals surface area contributed by atoms with E-state index >= 15 is 0 Å². The summed E-state index contributed by atoms with van der Waals surface area (Å²) in [6.45, 7) is 8.95. The Kier molecular flexibility index (Phi) is 11.1. The summed E-state index contributed by atoms with van der Waals surface area (Å²) < 4.78 is 12.9. The van der Waals surface area contributed by atoms with E-state index in [1.807, 2.05) is 37.3 Å². The minimum absolute atomic E-state index is 0.125. The van der Waals surface area contributed by atoms with E-state index in [9.17, 15) is 24.3 Å². The number of rotatable bonds is 14. The number of halogens is 2. The summed E-state index contributed by atoms with van der Waals surface area (Å²) >= 11 is 9.81. The first-order chi connectivity index (χ1) is 23.0. The molecule has 256 valence electrons. The van der Waals surface area contributed by atoms with Crippen LogP contribution in [0, 0.1) is 11.8 Å². The number of carbonyl (C=O) groups excluding carboxylic acids is 4. The number of likely N-dealkylation sites (tertiary alicyclic amines) is 1. The van der Waals surface area contributed by atoms with Crippen molar-refractivity contribution >= 4 is 56.9 Å². The van der Waals surface area contributed by atoms with Gasteiger partial charge >= 0.3 is 5.97 Å². The van der Waals surface area contributed by atoms with Crippen molar-refractivity contribution in [3.63, 3.8) is 0 Å². The van der Waals surface area contributed by atoms with E-state index < -0.39 is 66.1 Å². The van der Waals surface area contributed by atoms with Crippen LogP contribution in [0.15, 0.2) is 79.9 Å². The molecule has 48 heavy (non-hydrogen) atoms. The summed E-state index contributed by atoms with van der Waals surface area (Å²) in [5, 5.41) is 10.5. The molecule has 3 saturated heterocycles. The summed E-state index contributed by atoms with van der Waals surface area (Å²) in [6.07, 6.45) is 2.72. The summed E-state index contributed by atoms with van der Waals surface area (Å²) in [7, 11) is 1.67. The fourth-order valence-electron chi connectivity index (χ4n) is 7.37. The fraction of sp³-hybridized carbons (Fsp3) is 0.444. The number of esters is 1. The van der Waals surface area contributed by atoms with Gasteiger partial charge in [0.1, 0.15) is 17.7 Å². The van der Waals surface area contributed by atoms with Gasteiger partial charge in [0.15, 0.2) is 0 Å². The number of β-amino-alcohol motifs (C(OH)–C–C–N with tert-alkyl or cyclic N) is 1. The number of ether oxygens (including phenoxy) is 2. The normalized spacial score (nSPS) is 26.8. The predicted octanol–water partition coefficient (Wildman–Crippen LogP) is 4.70. The Bertz CT molecular complexity index is 1540. The quantitative estimate of drug-likeness (QED) is 0.170. The molecular formula is C36H41BrClN3O7. The van der Waals surface area contributed by atoms with Gasteiger partial charge in [-0.2, -0.15) is 0 Å². The lowest BCUT2D eigenvalue weighted by Crippen LogP contribution is -2.57. The lowest BCUT2D eigenvalue weighted by Gasteiger charge is -2.37. The van der Waals surface area contributed by atoms with Crippen molar-refractivity contribution in [3.05, 3.63) is 90.5 Å². The molecule has 2 aromatic rings. The van der Waals surface area contributed by atoms with Crippen LogP contribution in [0.4, 0.5) is 5.69 Å². The Balaban J connectivity index is 1.50. The zero-order chi connectivity index (χ0) is 34.7. The second kappa shape index (κ2) is 14.9. The smallest absolute Gasteiger partial charge is 0.313 e. The Morgan fingerprint density at radius 3 is 2.48 bits per heavy atom. The van der Waals surface area contributed by atoms with Crippen LogP contribution in [0.5, 0.6) is 0 Å². The number of hydrogen-bond acceptors (Lipinski definition) is 7. The number of benzene rings is 2. The number of hydrogen-bond donors (Lipinski definition) is 1. The first kappa shape index (κ1) is 35.8. The molecule has 3 heterocycles. The van der Waals surface area contributed by atoms with E-state index in [4.69, 9.17) is 21.1 Å². The second-order valence-electron chi connectivity index (χ2n) is 12.5. The Morgan fingerprint density at radius 2 is 1.85 bits per heavy atom. The molecule has 5 rings (SSSR count). The molecule has 10 nitrogen and oxygen atoms in total. The van der Waals surface area contributed by atoms with E-state index in [2.05, 4.69) is 29.1 Å². The van der Waals surface area contributed by atoms with E-state index in [1.54, 1.807) is 48.4 Å². The number of allylic oxidation sites excluding steroid dienone is 1. The maximum absolute atomic E-state index is 14.5. The van der Waals surface area contributed by atoms with Gasteiger partial charge in [-0.15, -0.1) is 13.2 Å². The van der Waals surface area contributed by atoms with Crippen LogP contribution >= 0.6 is 27.5 Å². The van der Waals surface area contributed by atoms with Crippen LogP contribution in [-0.2, 0) is 28.7 Å². The number of anilines is 1. The second-order valence-corrected chi connectivity index (χ2v) is 14.1. The van der Waals surface area contributed by atoms with Crippen molar-refractivity contribution in [2.45, 2.75) is 60.9 Å². The maximum Gasteiger partial charge on any atom is 0.313 e. The minimum atomic E-state index is -1.36. The predicted molar refractivity (Wildman–Crippen MR) is 185 cm³/mol. The van der Waals surface area contributed by atoms with Crippen LogP contribution in [0.3, 0.4) is 0 Å². The van der Waals surface area contributed by atoms with Crippen LogP contribution in [0.1, 0.15) is 37.9 Å². The highest BCUT2D eigenvalue weighted by Gasteiger charge is 2.77. The SMILES string of the molecule is C=CCCC(=O)N(C)[C@H](C)[C@H](OC(=O)[C@@H]1[C@H]2O[C@@]3(CC2Br)[C@H](C(=O)N(CC=C)c2ccc(Cl)cc2)N(CCO)C(=O)[C@@H]13)c1ccccc1. The number of likely N-dealkylation sites (N-methyl/N-ethyl adjacent to an activating group) is 1. The lowest BCUT2D eigenvalue weighted by molar-refractivity contribution is -0.164. The summed E-state index contributed by atoms with van der Waals surface area (Å²) in [4.78, 5) is 60.2. The zero-order valence-electron chi connectivity index (χ0n) is 27.0. The van der Waals surface area contributed by atoms with Gasteiger partial charge < -0.3 is 29.3 Å². The molecule has 0 aliphatic carbocycles. The van der Waals surface area contributed by atoms with Crippen molar-refractivity contribution in [2.24, 2.45) is 11.8 Å². The molecule has 1 unspecified atom stereocenters. The molecular weight excluding hydrogens is 702 g/mol. The van der Waals surface area contributed by atoms with Crippen molar-refractivity contribution < 1.29 is 33.8 Å². The molecule has 0 radical (unpaired) electrons. The molecule has 1 N–H and O–H groups in total. The minimum Gasteiger partial charge on any atom is -0.455 e. The van der Waals surface area contributed by atoms with Gasteiger partial charge in [-0.25, -0.2) is 0 Å². The van der Waals surface area contributed by atoms with Gasteiger partial charge in [-0.05, 0) is 49.6 Å². The standard InChI is InChI=1S/C36H41BrClN3O7/c1-5-7-13-27(43)39(4)22(3)30(23-11-9-8-10-12-23)47-35(46)28-29-33(44)41(19-20-42)32(36(29)21-26(37)31(28)48-36)34(45)40(18-6-2)25-16-14-24(38)15-17-25/h5-6,8-12,14-17,22,26,28-32,42H,1-2,7,13,18-21H2,3-4H3/t22-,26?,28+,29-,30+,31+,32+,36-/m1/s1. The first-order valence-electron chi connectivity index (χ1n) is 16.0. The molecule has 12 heteroatoms. The van der Waals surface area contributed by atoms with Crippen molar-refractivity contribution in [3.8, 4) is 0 Å². The van der Waals surface area contributed by atoms with Crippen LogP contribution in [0.25, 0.3) is 0 Å². The van der Waals surface area contributed by atoms with Crippen LogP contribution in [0.2, 0.25) is 5.02 Å². The number of aliphatic hydroxyl groups is 1. The van der Waals surface area contributed by atoms with Gasteiger partial charge in [0.2, 0.25) is 11.8 Å². The Morgan fingerprint density at radius 1 is 1.17 bits per heavy atom. The third-order valence-electron chi connectivity index (χ3n) is 9.73. The fourth-order valence-corrected chi connectivity index (χ4v) is 8.44. The molecule has 0 aromatic heterocycles. The average molecular weight is 743 g/mol. The lowest BCUT2D eigenvalue weighted by atomic mass is 9.70. The van der Waals surface area contributed by atoms with E-state index in [-0.39, 0.29) is 36.7 Å². The molecule has 3 amide bonds. The van der Waals surface area contributed by atoms with E-state index in [1.165, 1.54) is 9.80 Å². The van der Waals surface area contributed by atoms with Crippen molar-refractivity contribution in [2.75, 3.05) is 31.6 Å². The number of alkyl halides is 1. The highest BCUT2D eigenvalue weighted by Crippen LogP contribution is 2.60. The monoisotopic (exact) mass is 741 g/mol. The van der Waals surface area contributed by atoms with Gasteiger partial charge in [0.05, 0.1) is 30.6 Å². The first-order valence-corrected chi connectivity index (χ1v) is 17.3. The molecule has 8 atom stereocenters. The van der Waals surface area contributed by atoms with Crippen molar-refractivity contribution in [1.29, 1.82) is 0 Å². The highest BCUT2D eigenvalue weighted by atomic mass is 79.9. The largest absolute Gasteiger partial charge is 0.455 e. The zero-order valence-corrected chi connectivity index (χ0v) is 29.4. The van der Waals surface area contributed by atoms with Crippen LogP contribution in [-0.4, -0.2) is 94.0 Å². The topological polar surface area (TPSA) is 117 Å². The molecule has 2 aromatic carbocycles. The van der Waals surface area contributed by atoms with E-state index in [0.717, 1.165) is 0 Å². The number of amides is 3. The molecule has 2 bridgehead atoms. The Hall–Kier alpha value is -3.51. The third kappa shape index (κ3) is 6.45. The van der Waals surface area contributed by atoms with Gasteiger partial charge in [-0.1, -0.05) is 70.0 Å². The van der Waals surface area contributed by atoms with Crippen LogP contribution < -0.4 is 4.90 Å². The number of aliphatic hydroxyl groups excluding tert-OH is 1. The van der Waals surface area contributed by atoms with E-state index in [0.29, 0.717) is 22.7 Å². The number of fused-ring (bicyclic) bond motifs is 1. The maximum atomic E-state index is 14.5. The van der Waals surface area contributed by atoms with Gasteiger partial charge in [-0.3, -0.25) is 19.2 Å². The highest BCUT2D eigenvalue weighted by molar-refractivity contribution is 9.09. The van der Waals surface area contributed by atoms with Crippen molar-refractivity contribution in [1.82, 2.24) is 9.80 Å². The number of carbonyl (C=O) groups is 4. The molecule has 1 spiro atoms. The third-order valence-corrected chi connectivity index (χ3v) is 10.8. The average Bonchev–Trinajstić information content (AvgIpc) is 3.68. The Labute approximate surface area is 294 Å². The molecule has 0 saturated carbocycles. The summed E-state index contributed by atoms with van der Waals surface area (Å²) in [5.74, 6) is -3.74.